The smallest absolute Gasteiger partial charge is 0.236 e. The number of oxime groups is 1. The fraction of sp³-hybridized carbons (Fsp3) is 0.846. The second-order valence-electron chi connectivity index (χ2n) is 5.71. The Balaban J connectivity index is 2.93. The molecule has 0 aliphatic heterocycles. The molecule has 5 nitrogen and oxygen atoms in total. The largest absolute Gasteiger partial charge is 0.409 e. The van der Waals surface area contributed by atoms with Crippen LogP contribution in [0.25, 0.3) is 0 Å². The molecule has 1 saturated carbocycles. The molecule has 1 aliphatic carbocycles. The molecule has 1 amide bonds. The molecular formula is C13H25N3O2. The van der Waals surface area contributed by atoms with E-state index < -0.39 is 5.41 Å². The molecule has 0 unspecified atom stereocenters. The number of hydrogen-bond donors (Lipinski definition) is 2. The molecule has 0 atom stereocenters. The molecule has 5 heteroatoms. The Hall–Kier alpha value is -1.26. The van der Waals surface area contributed by atoms with Crippen LogP contribution in [0.15, 0.2) is 5.16 Å². The molecule has 0 heterocycles. The molecule has 1 fully saturated rings. The van der Waals surface area contributed by atoms with E-state index in [1.54, 1.807) is 11.9 Å². The van der Waals surface area contributed by atoms with Gasteiger partial charge in [-0.25, -0.2) is 0 Å². The summed E-state index contributed by atoms with van der Waals surface area (Å²) in [4.78, 5) is 14.3. The lowest BCUT2D eigenvalue weighted by Crippen LogP contribution is -2.52. The van der Waals surface area contributed by atoms with Crippen LogP contribution in [-0.4, -0.2) is 35.4 Å². The molecule has 0 aromatic rings. The topological polar surface area (TPSA) is 78.9 Å². The molecule has 0 aromatic carbocycles. The van der Waals surface area contributed by atoms with Crippen LogP contribution >= 0.6 is 0 Å². The maximum Gasteiger partial charge on any atom is 0.236 e. The third kappa shape index (κ3) is 2.94. The first-order valence-electron chi connectivity index (χ1n) is 6.67. The van der Waals surface area contributed by atoms with Crippen molar-refractivity contribution < 1.29 is 10.0 Å². The summed E-state index contributed by atoms with van der Waals surface area (Å²) >= 11 is 0. The van der Waals surface area contributed by atoms with Crippen LogP contribution in [0, 0.1) is 11.3 Å². The van der Waals surface area contributed by atoms with E-state index in [4.69, 9.17) is 10.9 Å². The summed E-state index contributed by atoms with van der Waals surface area (Å²) in [5.41, 5.74) is 5.02. The number of carbonyl (C=O) groups excluding carboxylic acids is 1. The van der Waals surface area contributed by atoms with Crippen molar-refractivity contribution in [1.82, 2.24) is 4.90 Å². The zero-order valence-corrected chi connectivity index (χ0v) is 11.6. The lowest BCUT2D eigenvalue weighted by molar-refractivity contribution is -0.139. The summed E-state index contributed by atoms with van der Waals surface area (Å²) in [6.45, 7) is 4.83. The van der Waals surface area contributed by atoms with Gasteiger partial charge in [-0.15, -0.1) is 0 Å². The number of amides is 1. The van der Waals surface area contributed by atoms with Crippen molar-refractivity contribution in [3.05, 3.63) is 0 Å². The average Bonchev–Trinajstić information content (AvgIpc) is 2.36. The van der Waals surface area contributed by atoms with Gasteiger partial charge in [0, 0.05) is 13.6 Å². The second-order valence-corrected chi connectivity index (χ2v) is 5.71. The van der Waals surface area contributed by atoms with Crippen molar-refractivity contribution >= 4 is 11.7 Å². The number of hydrogen-bond acceptors (Lipinski definition) is 3. The predicted octanol–water partition coefficient (Wildman–Crippen LogP) is 1.80. The van der Waals surface area contributed by atoms with Crippen LogP contribution in [0.5, 0.6) is 0 Å². The van der Waals surface area contributed by atoms with Gasteiger partial charge in [0.05, 0.1) is 0 Å². The van der Waals surface area contributed by atoms with E-state index in [0.717, 1.165) is 19.3 Å². The van der Waals surface area contributed by atoms with Gasteiger partial charge in [0.1, 0.15) is 5.41 Å². The van der Waals surface area contributed by atoms with Crippen LogP contribution in [0.4, 0.5) is 0 Å². The van der Waals surface area contributed by atoms with Gasteiger partial charge in [0.25, 0.3) is 0 Å². The van der Waals surface area contributed by atoms with Crippen LogP contribution in [0.1, 0.15) is 46.0 Å². The number of amidine groups is 1. The lowest BCUT2D eigenvalue weighted by Gasteiger charge is -2.37. The Kier molecular flexibility index (Phi) is 4.99. The average molecular weight is 255 g/mol. The van der Waals surface area contributed by atoms with Crippen molar-refractivity contribution in [2.45, 2.75) is 46.0 Å². The Morgan fingerprint density at radius 3 is 2.39 bits per heavy atom. The fourth-order valence-electron chi connectivity index (χ4n) is 2.83. The molecule has 1 aliphatic rings. The van der Waals surface area contributed by atoms with Crippen LogP contribution < -0.4 is 5.73 Å². The normalized spacial score (nSPS) is 19.9. The molecule has 0 aromatic heterocycles. The molecule has 1 rings (SSSR count). The van der Waals surface area contributed by atoms with E-state index in [2.05, 4.69) is 19.0 Å². The number of nitrogens with two attached hydrogens (primary N) is 1. The number of rotatable bonds is 4. The van der Waals surface area contributed by atoms with Gasteiger partial charge in [-0.2, -0.15) is 0 Å². The van der Waals surface area contributed by atoms with Crippen molar-refractivity contribution in [3.63, 3.8) is 0 Å². The van der Waals surface area contributed by atoms with Gasteiger partial charge in [-0.3, -0.25) is 4.79 Å². The van der Waals surface area contributed by atoms with Gasteiger partial charge in [-0.05, 0) is 18.8 Å². The summed E-state index contributed by atoms with van der Waals surface area (Å²) in [7, 11) is 1.79. The molecule has 0 radical (unpaired) electrons. The minimum atomic E-state index is -0.781. The minimum absolute atomic E-state index is 0.00815. The van der Waals surface area contributed by atoms with Gasteiger partial charge < -0.3 is 15.8 Å². The summed E-state index contributed by atoms with van der Waals surface area (Å²) in [6, 6.07) is 0. The standard InChI is InChI=1S/C13H25N3O2/c1-10(2)9-16(3)12(17)13(11(14)15-18)7-5-4-6-8-13/h10,18H,4-9H2,1-3H3,(H2,14,15). The number of carbonyl (C=O) groups is 1. The van der Waals surface area contributed by atoms with Gasteiger partial charge in [0.15, 0.2) is 5.84 Å². The zero-order chi connectivity index (χ0) is 13.8. The quantitative estimate of drug-likeness (QED) is 0.348. The van der Waals surface area contributed by atoms with E-state index in [1.165, 1.54) is 0 Å². The first-order valence-corrected chi connectivity index (χ1v) is 6.67. The van der Waals surface area contributed by atoms with E-state index in [-0.39, 0.29) is 11.7 Å². The predicted molar refractivity (Wildman–Crippen MR) is 71.4 cm³/mol. The Morgan fingerprint density at radius 1 is 1.39 bits per heavy atom. The summed E-state index contributed by atoms with van der Waals surface area (Å²) in [6.07, 6.45) is 4.39. The first-order chi connectivity index (χ1) is 8.44. The number of nitrogens with zero attached hydrogens (tertiary/aromatic N) is 2. The van der Waals surface area contributed by atoms with Crippen molar-refractivity contribution in [2.75, 3.05) is 13.6 Å². The second kappa shape index (κ2) is 6.07. The third-order valence-corrected chi connectivity index (χ3v) is 3.70. The monoisotopic (exact) mass is 255 g/mol. The van der Waals surface area contributed by atoms with Crippen LogP contribution in [0.2, 0.25) is 0 Å². The van der Waals surface area contributed by atoms with E-state index in [9.17, 15) is 4.79 Å². The van der Waals surface area contributed by atoms with Crippen molar-refractivity contribution in [1.29, 1.82) is 0 Å². The van der Waals surface area contributed by atoms with Crippen LogP contribution in [0.3, 0.4) is 0 Å². The van der Waals surface area contributed by atoms with Crippen LogP contribution in [-0.2, 0) is 4.79 Å². The first kappa shape index (κ1) is 14.8. The van der Waals surface area contributed by atoms with Gasteiger partial charge >= 0.3 is 0 Å². The van der Waals surface area contributed by atoms with Gasteiger partial charge in [0.2, 0.25) is 5.91 Å². The SMILES string of the molecule is CC(C)CN(C)C(=O)C1(C(N)=NO)CCCCC1. The zero-order valence-electron chi connectivity index (χ0n) is 11.6. The minimum Gasteiger partial charge on any atom is -0.409 e. The third-order valence-electron chi connectivity index (χ3n) is 3.70. The highest BCUT2D eigenvalue weighted by atomic mass is 16.4. The molecule has 0 saturated heterocycles. The summed E-state index contributed by atoms with van der Waals surface area (Å²) in [5, 5.41) is 12.1. The van der Waals surface area contributed by atoms with E-state index in [1.807, 2.05) is 0 Å². The van der Waals surface area contributed by atoms with Crippen molar-refractivity contribution in [2.24, 2.45) is 22.2 Å². The Morgan fingerprint density at radius 2 is 1.94 bits per heavy atom. The molecule has 0 spiro atoms. The molecule has 3 N–H and O–H groups in total. The molecule has 104 valence electrons. The van der Waals surface area contributed by atoms with E-state index in [0.29, 0.717) is 25.3 Å². The molecular weight excluding hydrogens is 230 g/mol. The highest BCUT2D eigenvalue weighted by Gasteiger charge is 2.45. The maximum atomic E-state index is 12.6. The molecule has 0 bridgehead atoms. The Bertz CT molecular complexity index is 320. The summed E-state index contributed by atoms with van der Waals surface area (Å²) < 4.78 is 0. The molecule has 18 heavy (non-hydrogen) atoms. The lowest BCUT2D eigenvalue weighted by atomic mass is 9.72. The Labute approximate surface area is 109 Å². The van der Waals surface area contributed by atoms with Crippen molar-refractivity contribution in [3.8, 4) is 0 Å². The summed E-state index contributed by atoms with van der Waals surface area (Å²) in [5.74, 6) is 0.473. The van der Waals surface area contributed by atoms with Gasteiger partial charge in [-0.1, -0.05) is 38.3 Å². The highest BCUT2D eigenvalue weighted by Crippen LogP contribution is 2.38. The van der Waals surface area contributed by atoms with E-state index >= 15 is 0 Å². The maximum absolute atomic E-state index is 12.6. The fourth-order valence-corrected chi connectivity index (χ4v) is 2.83. The highest BCUT2D eigenvalue weighted by molar-refractivity contribution is 6.06.